The van der Waals surface area contributed by atoms with Crippen molar-refractivity contribution in [1.29, 1.82) is 0 Å². The number of hydrogen-bond donors (Lipinski definition) is 0. The van der Waals surface area contributed by atoms with Gasteiger partial charge in [-0.25, -0.2) is 4.79 Å². The van der Waals surface area contributed by atoms with Crippen LogP contribution < -0.4 is 14.4 Å². The predicted octanol–water partition coefficient (Wildman–Crippen LogP) is 2.77. The Kier molecular flexibility index (Phi) is 4.59. The molecule has 1 aliphatic rings. The van der Waals surface area contributed by atoms with Crippen LogP contribution in [0.2, 0.25) is 0 Å². The molecule has 6 heteroatoms. The van der Waals surface area contributed by atoms with E-state index >= 15 is 0 Å². The average molecular weight is 355 g/mol. The molecule has 136 valence electrons. The summed E-state index contributed by atoms with van der Waals surface area (Å²) in [7, 11) is 4.43. The van der Waals surface area contributed by atoms with Crippen LogP contribution in [0.15, 0.2) is 48.5 Å². The fourth-order valence-corrected chi connectivity index (χ4v) is 3.52. The van der Waals surface area contributed by atoms with E-state index in [1.54, 1.807) is 31.3 Å². The van der Waals surface area contributed by atoms with E-state index in [0.717, 1.165) is 11.3 Å². The van der Waals surface area contributed by atoms with Crippen molar-refractivity contribution < 1.29 is 23.8 Å². The zero-order chi connectivity index (χ0) is 18.9. The third-order valence-electron chi connectivity index (χ3n) is 4.78. The maximum atomic E-state index is 12.7. The van der Waals surface area contributed by atoms with Gasteiger partial charge in [0.1, 0.15) is 17.5 Å². The fraction of sp³-hybridized carbons (Fsp3) is 0.300. The lowest BCUT2D eigenvalue weighted by molar-refractivity contribution is -0.146. The van der Waals surface area contributed by atoms with E-state index in [2.05, 4.69) is 0 Å². The number of Topliss-reactive ketones (excluding diaryl/α,β-unsaturated/α-hetero) is 1. The van der Waals surface area contributed by atoms with Crippen LogP contribution >= 0.6 is 0 Å². The number of benzene rings is 2. The number of nitrogens with zero attached hydrogens (tertiary/aromatic N) is 1. The Morgan fingerprint density at radius 3 is 2.15 bits per heavy atom. The molecule has 2 atom stereocenters. The molecule has 0 aliphatic carbocycles. The molecule has 3 rings (SSSR count). The van der Waals surface area contributed by atoms with Gasteiger partial charge in [0.15, 0.2) is 5.78 Å². The highest BCUT2D eigenvalue weighted by molar-refractivity contribution is 6.18. The van der Waals surface area contributed by atoms with Crippen LogP contribution in [0.1, 0.15) is 18.5 Å². The Morgan fingerprint density at radius 1 is 0.962 bits per heavy atom. The van der Waals surface area contributed by atoms with E-state index < -0.39 is 17.6 Å². The maximum Gasteiger partial charge on any atom is 0.342 e. The third-order valence-corrected chi connectivity index (χ3v) is 4.78. The van der Waals surface area contributed by atoms with Crippen molar-refractivity contribution >= 4 is 17.4 Å². The van der Waals surface area contributed by atoms with Crippen molar-refractivity contribution in [2.45, 2.75) is 18.5 Å². The molecule has 2 aromatic rings. The van der Waals surface area contributed by atoms with Crippen LogP contribution in [0.3, 0.4) is 0 Å². The Labute approximate surface area is 152 Å². The topological polar surface area (TPSA) is 64.8 Å². The molecule has 1 fully saturated rings. The molecule has 0 saturated carbocycles. The second kappa shape index (κ2) is 6.71. The van der Waals surface area contributed by atoms with Crippen LogP contribution in [0, 0.1) is 0 Å². The summed E-state index contributed by atoms with van der Waals surface area (Å²) < 4.78 is 15.6. The van der Waals surface area contributed by atoms with Crippen molar-refractivity contribution in [3.8, 4) is 11.5 Å². The van der Waals surface area contributed by atoms with Gasteiger partial charge in [0.2, 0.25) is 5.54 Å². The van der Waals surface area contributed by atoms with Gasteiger partial charge in [-0.05, 0) is 37.3 Å². The minimum absolute atomic E-state index is 0.281. The number of hydrogen-bond acceptors (Lipinski definition) is 6. The van der Waals surface area contributed by atoms with Crippen LogP contribution in [-0.4, -0.2) is 38.6 Å². The number of ether oxygens (including phenoxy) is 3. The first kappa shape index (κ1) is 17.8. The second-order valence-corrected chi connectivity index (χ2v) is 6.03. The van der Waals surface area contributed by atoms with Gasteiger partial charge in [0.25, 0.3) is 0 Å². The molecule has 6 nitrogen and oxygen atoms in total. The first-order chi connectivity index (χ1) is 12.5. The lowest BCUT2D eigenvalue weighted by Gasteiger charge is -2.13. The number of methoxy groups -OCH3 is 3. The first-order valence-electron chi connectivity index (χ1n) is 8.18. The van der Waals surface area contributed by atoms with Crippen LogP contribution in [-0.2, 0) is 14.3 Å². The van der Waals surface area contributed by atoms with Crippen LogP contribution in [0.5, 0.6) is 11.5 Å². The number of ketones is 1. The molecule has 0 N–H and O–H groups in total. The fourth-order valence-electron chi connectivity index (χ4n) is 3.52. The third kappa shape index (κ3) is 2.49. The summed E-state index contributed by atoms with van der Waals surface area (Å²) in [6.45, 7) is 1.41. The van der Waals surface area contributed by atoms with Crippen molar-refractivity contribution in [2.75, 3.05) is 26.2 Å². The quantitative estimate of drug-likeness (QED) is 0.451. The number of esters is 1. The molecular formula is C20H21NO5. The lowest BCUT2D eigenvalue weighted by atomic mass is 9.95. The van der Waals surface area contributed by atoms with Crippen molar-refractivity contribution in [1.82, 2.24) is 0 Å². The van der Waals surface area contributed by atoms with Crippen LogP contribution in [0.4, 0.5) is 5.69 Å². The molecule has 26 heavy (non-hydrogen) atoms. The Bertz CT molecular complexity index is 832. The minimum atomic E-state index is -1.40. The number of carbonyl (C=O) groups excluding carboxylic acids is 2. The highest BCUT2D eigenvalue weighted by atomic mass is 16.5. The van der Waals surface area contributed by atoms with E-state index in [4.69, 9.17) is 14.2 Å². The van der Waals surface area contributed by atoms with Gasteiger partial charge >= 0.3 is 5.97 Å². The van der Waals surface area contributed by atoms with Crippen LogP contribution in [0.25, 0.3) is 0 Å². The van der Waals surface area contributed by atoms with Crippen molar-refractivity contribution in [2.24, 2.45) is 0 Å². The predicted molar refractivity (Wildman–Crippen MR) is 96.6 cm³/mol. The Balaban J connectivity index is 2.15. The maximum absolute atomic E-state index is 12.7. The summed E-state index contributed by atoms with van der Waals surface area (Å²) in [4.78, 5) is 27.1. The second-order valence-electron chi connectivity index (χ2n) is 6.03. The normalized spacial score (nSPS) is 21.1. The molecule has 1 saturated heterocycles. The van der Waals surface area contributed by atoms with Gasteiger partial charge in [0, 0.05) is 11.3 Å². The molecule has 0 spiro atoms. The number of carbonyl (C=O) groups is 2. The van der Waals surface area contributed by atoms with Gasteiger partial charge in [0.05, 0.1) is 21.3 Å². The van der Waals surface area contributed by atoms with Gasteiger partial charge in [-0.3, -0.25) is 4.79 Å². The molecular weight excluding hydrogens is 334 g/mol. The highest BCUT2D eigenvalue weighted by Gasteiger charge is 2.73. The minimum Gasteiger partial charge on any atom is -0.497 e. The first-order valence-corrected chi connectivity index (χ1v) is 8.18. The highest BCUT2D eigenvalue weighted by Crippen LogP contribution is 2.58. The Morgan fingerprint density at radius 2 is 1.62 bits per heavy atom. The van der Waals surface area contributed by atoms with Gasteiger partial charge in [-0.2, -0.15) is 0 Å². The summed E-state index contributed by atoms with van der Waals surface area (Å²) in [5.41, 5.74) is 0.0755. The summed E-state index contributed by atoms with van der Waals surface area (Å²) in [5.74, 6) is 0.437. The standard InChI is InChI=1S/C20H21NO5/c1-13(22)20(19(23)26-4)18(16-7-5-6-8-17(16)25-3)21(20)14-9-11-15(24-2)12-10-14/h5-12,18H,1-4H3/t18-,20-,21?/m1/s1. The van der Waals surface area contributed by atoms with Gasteiger partial charge in [-0.15, -0.1) is 0 Å². The van der Waals surface area contributed by atoms with Crippen molar-refractivity contribution in [3.63, 3.8) is 0 Å². The van der Waals surface area contributed by atoms with E-state index in [0.29, 0.717) is 11.5 Å². The van der Waals surface area contributed by atoms with E-state index in [9.17, 15) is 9.59 Å². The number of para-hydroxylation sites is 1. The van der Waals surface area contributed by atoms with Crippen molar-refractivity contribution in [3.05, 3.63) is 54.1 Å². The molecule has 1 heterocycles. The van der Waals surface area contributed by atoms with E-state index in [-0.39, 0.29) is 5.78 Å². The molecule has 0 radical (unpaired) electrons. The Hall–Kier alpha value is -3.02. The average Bonchev–Trinajstić information content (AvgIpc) is 3.38. The smallest absolute Gasteiger partial charge is 0.342 e. The molecule has 0 aromatic heterocycles. The zero-order valence-corrected chi connectivity index (χ0v) is 15.2. The number of anilines is 1. The molecule has 0 amide bonds. The largest absolute Gasteiger partial charge is 0.497 e. The van der Waals surface area contributed by atoms with E-state index in [1.807, 2.05) is 36.4 Å². The van der Waals surface area contributed by atoms with Gasteiger partial charge < -0.3 is 19.1 Å². The summed E-state index contributed by atoms with van der Waals surface area (Å²) >= 11 is 0. The lowest BCUT2D eigenvalue weighted by Crippen LogP contribution is -2.38. The molecule has 1 aliphatic heterocycles. The molecule has 2 aromatic carbocycles. The molecule has 0 unspecified atom stereocenters. The molecule has 0 bridgehead atoms. The SMILES string of the molecule is COC(=O)[C@@]1(C(C)=O)[C@@H](c2ccccc2OC)N1c1ccc(OC)cc1. The zero-order valence-electron chi connectivity index (χ0n) is 15.2. The summed E-state index contributed by atoms with van der Waals surface area (Å²) in [6.07, 6.45) is 0. The van der Waals surface area contributed by atoms with E-state index in [1.165, 1.54) is 14.0 Å². The van der Waals surface area contributed by atoms with Gasteiger partial charge in [-0.1, -0.05) is 18.2 Å². The summed E-state index contributed by atoms with van der Waals surface area (Å²) in [5, 5.41) is 0. The monoisotopic (exact) mass is 355 g/mol. The summed E-state index contributed by atoms with van der Waals surface area (Å²) in [6, 6.07) is 14.1. The number of rotatable bonds is 6.